The first-order valence-corrected chi connectivity index (χ1v) is 18.4. The van der Waals surface area contributed by atoms with Crippen LogP contribution in [0.3, 0.4) is 0 Å². The summed E-state index contributed by atoms with van der Waals surface area (Å²) >= 11 is 0. The first-order valence-electron chi connectivity index (χ1n) is 17.0. The van der Waals surface area contributed by atoms with Gasteiger partial charge in [0.25, 0.3) is 15.9 Å². The molecular formula is C39H39N5O8S. The highest BCUT2D eigenvalue weighted by atomic mass is 32.2. The number of rotatable bonds is 13. The van der Waals surface area contributed by atoms with Crippen LogP contribution in [0.5, 0.6) is 11.5 Å². The number of hydrogen-bond acceptors (Lipinski definition) is 9. The van der Waals surface area contributed by atoms with Gasteiger partial charge in [0, 0.05) is 35.4 Å². The van der Waals surface area contributed by atoms with Gasteiger partial charge in [0.2, 0.25) is 17.7 Å². The highest BCUT2D eigenvalue weighted by molar-refractivity contribution is 7.90. The van der Waals surface area contributed by atoms with Gasteiger partial charge in [-0.05, 0) is 43.7 Å². The zero-order valence-electron chi connectivity index (χ0n) is 29.2. The van der Waals surface area contributed by atoms with Gasteiger partial charge in [-0.25, -0.2) is 18.1 Å². The van der Waals surface area contributed by atoms with Crippen LogP contribution in [0.4, 0.5) is 0 Å². The maximum absolute atomic E-state index is 14.1. The fourth-order valence-electron chi connectivity index (χ4n) is 6.43. The monoisotopic (exact) mass is 737 g/mol. The Hall–Kier alpha value is -6.02. The number of fused-ring (bicyclic) bond motifs is 1. The Labute approximate surface area is 307 Å². The van der Waals surface area contributed by atoms with Crippen molar-refractivity contribution in [3.05, 3.63) is 110 Å². The molecule has 1 saturated carbocycles. The molecule has 4 unspecified atom stereocenters. The predicted octanol–water partition coefficient (Wildman–Crippen LogP) is 3.52. The van der Waals surface area contributed by atoms with Crippen molar-refractivity contribution in [2.24, 2.45) is 5.92 Å². The summed E-state index contributed by atoms with van der Waals surface area (Å²) in [7, 11) is -2.69. The minimum absolute atomic E-state index is 0.0243. The second-order valence-electron chi connectivity index (χ2n) is 12.8. The molecule has 0 radical (unpaired) electrons. The van der Waals surface area contributed by atoms with Gasteiger partial charge >= 0.3 is 0 Å². The van der Waals surface area contributed by atoms with Crippen molar-refractivity contribution in [2.45, 2.75) is 42.3 Å². The van der Waals surface area contributed by atoms with E-state index < -0.39 is 63.8 Å². The van der Waals surface area contributed by atoms with E-state index in [9.17, 15) is 27.6 Å². The van der Waals surface area contributed by atoms with Gasteiger partial charge in [-0.2, -0.15) is 0 Å². The van der Waals surface area contributed by atoms with E-state index in [4.69, 9.17) is 14.5 Å². The highest BCUT2D eigenvalue weighted by Crippen LogP contribution is 2.45. The standard InChI is InChI=1S/C39H39N5O8S/c1-4-12-35(45)40-23-36(46)44-24-28(52-34-21-31(25-13-8-6-9-14-25)41-32-19-27(51-3)17-18-30(32)34)20-33(44)37(47)42-39(22-26(39)5-2)38(48)43-53(49,50)29-15-10-7-11-16-29/h4-19,21,26,28,33H,2,20,22-24H2,1,3H3,(H,40,45)(H,42,47)(H,43,48). The fraction of sp³-hybridized carbons (Fsp3) is 0.256. The van der Waals surface area contributed by atoms with Crippen molar-refractivity contribution in [1.82, 2.24) is 25.2 Å². The van der Waals surface area contributed by atoms with Crippen LogP contribution in [0.15, 0.2) is 115 Å². The summed E-state index contributed by atoms with van der Waals surface area (Å²) in [6.07, 6.45) is 3.71. The van der Waals surface area contributed by atoms with Gasteiger partial charge in [-0.15, -0.1) is 6.58 Å². The molecule has 1 aliphatic carbocycles. The van der Waals surface area contributed by atoms with Crippen LogP contribution in [0.1, 0.15) is 19.8 Å². The van der Waals surface area contributed by atoms with Crippen LogP contribution >= 0.6 is 0 Å². The van der Waals surface area contributed by atoms with Crippen molar-refractivity contribution in [3.63, 3.8) is 0 Å². The third-order valence-electron chi connectivity index (χ3n) is 9.29. The van der Waals surface area contributed by atoms with Crippen molar-refractivity contribution in [2.75, 3.05) is 20.2 Å². The number of sulfonamides is 1. The minimum atomic E-state index is -4.25. The third-order valence-corrected chi connectivity index (χ3v) is 10.6. The molecule has 6 rings (SSSR count). The number of pyridine rings is 1. The lowest BCUT2D eigenvalue weighted by molar-refractivity contribution is -0.139. The number of carbonyl (C=O) groups excluding carboxylic acids is 4. The van der Waals surface area contributed by atoms with Gasteiger partial charge in [-0.3, -0.25) is 19.2 Å². The van der Waals surface area contributed by atoms with Crippen LogP contribution in [0.2, 0.25) is 0 Å². The zero-order chi connectivity index (χ0) is 37.8. The zero-order valence-corrected chi connectivity index (χ0v) is 30.0. The van der Waals surface area contributed by atoms with Gasteiger partial charge in [0.1, 0.15) is 29.2 Å². The first kappa shape index (κ1) is 36.8. The lowest BCUT2D eigenvalue weighted by atomic mass is 10.1. The second kappa shape index (κ2) is 15.3. The average Bonchev–Trinajstić information content (AvgIpc) is 3.72. The number of nitrogens with one attached hydrogen (secondary N) is 3. The molecule has 3 aromatic carbocycles. The largest absolute Gasteiger partial charge is 0.497 e. The van der Waals surface area contributed by atoms with Gasteiger partial charge < -0.3 is 25.0 Å². The molecule has 53 heavy (non-hydrogen) atoms. The Morgan fingerprint density at radius 2 is 1.74 bits per heavy atom. The lowest BCUT2D eigenvalue weighted by Crippen LogP contribution is -2.56. The van der Waals surface area contributed by atoms with Gasteiger partial charge in [0.15, 0.2) is 0 Å². The van der Waals surface area contributed by atoms with Gasteiger partial charge in [0.05, 0.1) is 36.3 Å². The number of amides is 4. The smallest absolute Gasteiger partial charge is 0.264 e. The molecule has 1 aliphatic heterocycles. The fourth-order valence-corrected chi connectivity index (χ4v) is 7.49. The van der Waals surface area contributed by atoms with Crippen LogP contribution < -0.4 is 24.8 Å². The molecular weight excluding hydrogens is 699 g/mol. The Balaban J connectivity index is 1.28. The Morgan fingerprint density at radius 1 is 1.02 bits per heavy atom. The minimum Gasteiger partial charge on any atom is -0.497 e. The highest BCUT2D eigenvalue weighted by Gasteiger charge is 2.61. The maximum Gasteiger partial charge on any atom is 0.264 e. The number of benzene rings is 3. The Bertz CT molecular complexity index is 2200. The number of ether oxygens (including phenoxy) is 2. The molecule has 2 aliphatic rings. The molecule has 1 aromatic heterocycles. The summed E-state index contributed by atoms with van der Waals surface area (Å²) in [6.45, 7) is 5.00. The average molecular weight is 738 g/mol. The number of methoxy groups -OCH3 is 1. The number of likely N-dealkylation sites (tertiary alicyclic amines) is 1. The molecule has 4 aromatic rings. The van der Waals surface area contributed by atoms with Crippen molar-refractivity contribution in [3.8, 4) is 22.8 Å². The van der Waals surface area contributed by atoms with Crippen molar-refractivity contribution in [1.29, 1.82) is 0 Å². The molecule has 2 fully saturated rings. The summed E-state index contributed by atoms with van der Waals surface area (Å²) in [5, 5.41) is 5.96. The predicted molar refractivity (Wildman–Crippen MR) is 197 cm³/mol. The summed E-state index contributed by atoms with van der Waals surface area (Å²) in [4.78, 5) is 59.5. The van der Waals surface area contributed by atoms with E-state index in [-0.39, 0.29) is 24.3 Å². The maximum atomic E-state index is 14.1. The summed E-state index contributed by atoms with van der Waals surface area (Å²) in [5.74, 6) is -2.14. The molecule has 3 N–H and O–H groups in total. The number of hydrogen-bond donors (Lipinski definition) is 3. The van der Waals surface area contributed by atoms with E-state index in [0.717, 1.165) is 5.56 Å². The van der Waals surface area contributed by atoms with E-state index in [1.54, 1.807) is 38.3 Å². The van der Waals surface area contributed by atoms with E-state index >= 15 is 0 Å². The third kappa shape index (κ3) is 7.92. The quantitative estimate of drug-likeness (QED) is 0.137. The SMILES string of the molecule is C=CC1CC1(NC(=O)C1CC(Oc2cc(-c3ccccc3)nc3cc(OC)ccc23)CN1C(=O)CNC(=O)C=CC)C(=O)NS(=O)(=O)c1ccccc1. The molecule has 4 atom stereocenters. The number of nitrogens with zero attached hydrogens (tertiary/aromatic N) is 2. The van der Waals surface area contributed by atoms with Gasteiger partial charge in [-0.1, -0.05) is 60.7 Å². The molecule has 0 bridgehead atoms. The van der Waals surface area contributed by atoms with Crippen LogP contribution in [-0.4, -0.2) is 79.8 Å². The summed E-state index contributed by atoms with van der Waals surface area (Å²) < 4.78 is 40.2. The Morgan fingerprint density at radius 3 is 2.40 bits per heavy atom. The van der Waals surface area contributed by atoms with Crippen LogP contribution in [0, 0.1) is 5.92 Å². The molecule has 2 heterocycles. The molecule has 13 nitrogen and oxygen atoms in total. The number of carbonyl (C=O) groups is 4. The van der Waals surface area contributed by atoms with Crippen LogP contribution in [0.25, 0.3) is 22.2 Å². The van der Waals surface area contributed by atoms with Crippen molar-refractivity contribution < 1.29 is 37.1 Å². The van der Waals surface area contributed by atoms with Crippen molar-refractivity contribution >= 4 is 44.6 Å². The van der Waals surface area contributed by atoms with E-state index in [1.807, 2.05) is 36.4 Å². The van der Waals surface area contributed by atoms with Crippen LogP contribution in [-0.2, 0) is 29.2 Å². The molecule has 274 valence electrons. The molecule has 0 spiro atoms. The first-order chi connectivity index (χ1) is 25.5. The Kier molecular flexibility index (Phi) is 10.6. The van der Waals surface area contributed by atoms with E-state index in [1.165, 1.54) is 47.4 Å². The van der Waals surface area contributed by atoms with E-state index in [2.05, 4.69) is 21.9 Å². The molecule has 1 saturated heterocycles. The topological polar surface area (TPSA) is 173 Å². The number of aromatic nitrogens is 1. The summed E-state index contributed by atoms with van der Waals surface area (Å²) in [6, 6.07) is 23.0. The van der Waals surface area contributed by atoms with E-state index in [0.29, 0.717) is 28.1 Å². The lowest BCUT2D eigenvalue weighted by Gasteiger charge is -2.26. The molecule has 4 amide bonds. The number of allylic oxidation sites excluding steroid dienone is 1. The second-order valence-corrected chi connectivity index (χ2v) is 14.4. The molecule has 14 heteroatoms. The summed E-state index contributed by atoms with van der Waals surface area (Å²) in [5.41, 5.74) is 0.476. The normalized spacial score (nSPS) is 20.8.